The minimum atomic E-state index is 0.0683. The predicted octanol–water partition coefficient (Wildman–Crippen LogP) is 2.41. The first kappa shape index (κ1) is 22.0. The fraction of sp³-hybridized carbons (Fsp3) is 0.440. The monoisotopic (exact) mass is 435 g/mol. The second-order valence-electron chi connectivity index (χ2n) is 8.28. The van der Waals surface area contributed by atoms with Gasteiger partial charge in [0.1, 0.15) is 12.3 Å². The quantitative estimate of drug-likeness (QED) is 0.539. The van der Waals surface area contributed by atoms with Crippen LogP contribution >= 0.6 is 0 Å². The highest BCUT2D eigenvalue weighted by Gasteiger charge is 2.25. The molecule has 2 N–H and O–H groups in total. The Hall–Kier alpha value is -3.22. The molecule has 0 aromatic heterocycles. The summed E-state index contributed by atoms with van der Waals surface area (Å²) in [5.74, 6) is 1.66. The Kier molecular flexibility index (Phi) is 7.14. The van der Waals surface area contributed by atoms with E-state index in [1.54, 1.807) is 7.11 Å². The van der Waals surface area contributed by atoms with Crippen LogP contribution in [0.15, 0.2) is 53.5 Å². The highest BCUT2D eigenvalue weighted by molar-refractivity contribution is 5.85. The van der Waals surface area contributed by atoms with Gasteiger partial charge in [-0.15, -0.1) is 0 Å². The third kappa shape index (κ3) is 5.15. The number of methoxy groups -OCH3 is 1. The van der Waals surface area contributed by atoms with Gasteiger partial charge in [-0.05, 0) is 43.0 Å². The van der Waals surface area contributed by atoms with Crippen molar-refractivity contribution in [2.45, 2.75) is 32.4 Å². The van der Waals surface area contributed by atoms with E-state index in [1.807, 2.05) is 36.1 Å². The van der Waals surface area contributed by atoms with E-state index in [0.29, 0.717) is 12.5 Å². The molecule has 1 atom stereocenters. The molecule has 1 saturated heterocycles. The summed E-state index contributed by atoms with van der Waals surface area (Å²) in [5, 5.41) is 6.80. The summed E-state index contributed by atoms with van der Waals surface area (Å²) in [6.07, 6.45) is 1.91. The van der Waals surface area contributed by atoms with Crippen molar-refractivity contribution in [2.24, 2.45) is 4.99 Å². The SMILES string of the molecule is CCNC(=NCC(=O)N1CCc2ccccc2C1)NC1CCN(c2ccccc2OC)C1. The molecule has 1 amide bonds. The maximum absolute atomic E-state index is 12.8. The number of amides is 1. The number of ether oxygens (including phenoxy) is 1. The summed E-state index contributed by atoms with van der Waals surface area (Å²) < 4.78 is 5.52. The number of carbonyl (C=O) groups excluding carboxylic acids is 1. The number of fused-ring (bicyclic) bond motifs is 1. The normalized spacial score (nSPS) is 18.3. The zero-order valence-corrected chi connectivity index (χ0v) is 19.0. The number of benzene rings is 2. The fourth-order valence-electron chi connectivity index (χ4n) is 4.46. The van der Waals surface area contributed by atoms with Gasteiger partial charge < -0.3 is 25.2 Å². The Balaban J connectivity index is 1.34. The average Bonchev–Trinajstić information content (AvgIpc) is 3.30. The molecule has 1 fully saturated rings. The van der Waals surface area contributed by atoms with Crippen molar-refractivity contribution in [1.29, 1.82) is 0 Å². The van der Waals surface area contributed by atoms with Crippen LogP contribution in [0.4, 0.5) is 5.69 Å². The van der Waals surface area contributed by atoms with E-state index >= 15 is 0 Å². The number of rotatable bonds is 6. The number of hydrogen-bond donors (Lipinski definition) is 2. The van der Waals surface area contributed by atoms with Crippen molar-refractivity contribution in [3.05, 3.63) is 59.7 Å². The maximum Gasteiger partial charge on any atom is 0.244 e. The molecule has 0 radical (unpaired) electrons. The Bertz CT molecular complexity index is 961. The van der Waals surface area contributed by atoms with Gasteiger partial charge in [0.2, 0.25) is 5.91 Å². The van der Waals surface area contributed by atoms with Crippen LogP contribution in [-0.2, 0) is 17.8 Å². The first-order chi connectivity index (χ1) is 15.7. The minimum absolute atomic E-state index is 0.0683. The third-order valence-corrected chi connectivity index (χ3v) is 6.15. The van der Waals surface area contributed by atoms with Crippen LogP contribution in [0.5, 0.6) is 5.75 Å². The van der Waals surface area contributed by atoms with Crippen LogP contribution in [0.2, 0.25) is 0 Å². The lowest BCUT2D eigenvalue weighted by Crippen LogP contribution is -2.45. The van der Waals surface area contributed by atoms with Gasteiger partial charge in [0.05, 0.1) is 12.8 Å². The van der Waals surface area contributed by atoms with E-state index in [9.17, 15) is 4.79 Å². The molecular formula is C25H33N5O2. The molecule has 1 unspecified atom stereocenters. The van der Waals surface area contributed by atoms with Crippen LogP contribution in [0.25, 0.3) is 0 Å². The first-order valence-electron chi connectivity index (χ1n) is 11.4. The maximum atomic E-state index is 12.8. The second-order valence-corrected chi connectivity index (χ2v) is 8.28. The second kappa shape index (κ2) is 10.4. The molecule has 2 aromatic carbocycles. The summed E-state index contributed by atoms with van der Waals surface area (Å²) >= 11 is 0. The molecule has 2 heterocycles. The van der Waals surface area contributed by atoms with Gasteiger partial charge in [0.15, 0.2) is 5.96 Å². The zero-order valence-electron chi connectivity index (χ0n) is 19.0. The number of para-hydroxylation sites is 2. The minimum Gasteiger partial charge on any atom is -0.495 e. The highest BCUT2D eigenvalue weighted by atomic mass is 16.5. The standard InChI is InChI=1S/C25H33N5O2/c1-3-26-25(27-16-24(31)30-14-12-19-8-4-5-9-20(19)17-30)28-21-13-15-29(18-21)22-10-6-7-11-23(22)32-2/h4-11,21H,3,12-18H2,1-2H3,(H2,26,27,28). The van der Waals surface area contributed by atoms with E-state index in [-0.39, 0.29) is 18.5 Å². The lowest BCUT2D eigenvalue weighted by Gasteiger charge is -2.28. The molecule has 4 rings (SSSR count). The highest BCUT2D eigenvalue weighted by Crippen LogP contribution is 2.30. The van der Waals surface area contributed by atoms with E-state index in [1.165, 1.54) is 11.1 Å². The first-order valence-corrected chi connectivity index (χ1v) is 11.4. The molecule has 2 aliphatic heterocycles. The largest absolute Gasteiger partial charge is 0.495 e. The summed E-state index contributed by atoms with van der Waals surface area (Å²) in [4.78, 5) is 21.6. The lowest BCUT2D eigenvalue weighted by atomic mass is 10.00. The van der Waals surface area contributed by atoms with E-state index in [2.05, 4.69) is 44.8 Å². The van der Waals surface area contributed by atoms with E-state index in [4.69, 9.17) is 4.74 Å². The molecule has 2 aliphatic rings. The Morgan fingerprint density at radius 1 is 1.12 bits per heavy atom. The number of carbonyl (C=O) groups is 1. The van der Waals surface area contributed by atoms with Gasteiger partial charge in [-0.3, -0.25) is 4.79 Å². The molecule has 0 aliphatic carbocycles. The molecule has 0 spiro atoms. The Morgan fingerprint density at radius 3 is 2.72 bits per heavy atom. The predicted molar refractivity (Wildman–Crippen MR) is 128 cm³/mol. The fourth-order valence-corrected chi connectivity index (χ4v) is 4.46. The number of anilines is 1. The van der Waals surface area contributed by atoms with Crippen molar-refractivity contribution in [2.75, 3.05) is 44.7 Å². The number of nitrogens with one attached hydrogen (secondary N) is 2. The Labute approximate surface area is 190 Å². The smallest absolute Gasteiger partial charge is 0.244 e. The molecule has 170 valence electrons. The zero-order chi connectivity index (χ0) is 22.3. The van der Waals surface area contributed by atoms with Crippen molar-refractivity contribution in [3.63, 3.8) is 0 Å². The van der Waals surface area contributed by atoms with Crippen LogP contribution in [-0.4, -0.2) is 62.6 Å². The lowest BCUT2D eigenvalue weighted by molar-refractivity contribution is -0.130. The molecule has 2 aromatic rings. The van der Waals surface area contributed by atoms with Crippen LogP contribution < -0.4 is 20.3 Å². The van der Waals surface area contributed by atoms with Crippen molar-refractivity contribution >= 4 is 17.6 Å². The summed E-state index contributed by atoms with van der Waals surface area (Å²) in [6, 6.07) is 16.7. The third-order valence-electron chi connectivity index (χ3n) is 6.15. The van der Waals surface area contributed by atoms with Crippen LogP contribution in [0, 0.1) is 0 Å². The van der Waals surface area contributed by atoms with Crippen molar-refractivity contribution in [1.82, 2.24) is 15.5 Å². The average molecular weight is 436 g/mol. The van der Waals surface area contributed by atoms with Gasteiger partial charge >= 0.3 is 0 Å². The summed E-state index contributed by atoms with van der Waals surface area (Å²) in [5.41, 5.74) is 3.70. The summed E-state index contributed by atoms with van der Waals surface area (Å²) in [7, 11) is 1.71. The number of aliphatic imine (C=N–C) groups is 1. The van der Waals surface area contributed by atoms with Gasteiger partial charge in [-0.2, -0.15) is 0 Å². The van der Waals surface area contributed by atoms with Gasteiger partial charge in [-0.25, -0.2) is 4.99 Å². The topological polar surface area (TPSA) is 69.2 Å². The molecule has 7 nitrogen and oxygen atoms in total. The van der Waals surface area contributed by atoms with Crippen LogP contribution in [0.3, 0.4) is 0 Å². The van der Waals surface area contributed by atoms with Gasteiger partial charge in [-0.1, -0.05) is 36.4 Å². The van der Waals surface area contributed by atoms with Gasteiger partial charge in [0, 0.05) is 38.8 Å². The van der Waals surface area contributed by atoms with Crippen LogP contribution in [0.1, 0.15) is 24.5 Å². The molecule has 0 saturated carbocycles. The van der Waals surface area contributed by atoms with E-state index in [0.717, 1.165) is 50.5 Å². The number of hydrogen-bond acceptors (Lipinski definition) is 4. The summed E-state index contributed by atoms with van der Waals surface area (Å²) in [6.45, 7) is 6.18. The van der Waals surface area contributed by atoms with Crippen molar-refractivity contribution in [3.8, 4) is 5.75 Å². The van der Waals surface area contributed by atoms with Crippen molar-refractivity contribution < 1.29 is 9.53 Å². The molecular weight excluding hydrogens is 402 g/mol. The Morgan fingerprint density at radius 2 is 1.91 bits per heavy atom. The number of nitrogens with zero attached hydrogens (tertiary/aromatic N) is 3. The molecule has 32 heavy (non-hydrogen) atoms. The van der Waals surface area contributed by atoms with Gasteiger partial charge in [0.25, 0.3) is 0 Å². The number of guanidine groups is 1. The molecule has 0 bridgehead atoms. The van der Waals surface area contributed by atoms with E-state index < -0.39 is 0 Å². The molecule has 7 heteroatoms.